The van der Waals surface area contributed by atoms with Crippen molar-refractivity contribution in [2.75, 3.05) is 0 Å². The van der Waals surface area contributed by atoms with E-state index in [1.807, 2.05) is 31.2 Å². The van der Waals surface area contributed by atoms with Gasteiger partial charge in [-0.25, -0.2) is 20.5 Å². The van der Waals surface area contributed by atoms with Gasteiger partial charge in [0.1, 0.15) is 11.3 Å². The summed E-state index contributed by atoms with van der Waals surface area (Å²) in [4.78, 5) is 13.6. The maximum absolute atomic E-state index is 10.6. The zero-order valence-electron chi connectivity index (χ0n) is 15.5. The van der Waals surface area contributed by atoms with Crippen LogP contribution in [-0.2, 0) is 17.9 Å². The SMILES string of the molecule is Cc1ccoc1C1(N)N=CC2=NNN(Cc3cccc(C4(O)CCC4)n3)C2=N1. The van der Waals surface area contributed by atoms with Crippen LogP contribution in [0, 0.1) is 6.92 Å². The zero-order valence-corrected chi connectivity index (χ0v) is 15.5. The van der Waals surface area contributed by atoms with Gasteiger partial charge in [0, 0.05) is 0 Å². The van der Waals surface area contributed by atoms with E-state index in [0.29, 0.717) is 29.5 Å². The molecule has 2 aromatic heterocycles. The summed E-state index contributed by atoms with van der Waals surface area (Å²) in [6.07, 6.45) is 5.69. The van der Waals surface area contributed by atoms with Crippen molar-refractivity contribution < 1.29 is 9.52 Å². The number of aryl methyl sites for hydroxylation is 1. The summed E-state index contributed by atoms with van der Waals surface area (Å²) in [6, 6.07) is 7.52. The van der Waals surface area contributed by atoms with E-state index in [9.17, 15) is 5.11 Å². The van der Waals surface area contributed by atoms with Gasteiger partial charge in [-0.3, -0.25) is 10.7 Å². The lowest BCUT2D eigenvalue weighted by atomic mass is 9.77. The predicted molar refractivity (Wildman–Crippen MR) is 103 cm³/mol. The first-order valence-electron chi connectivity index (χ1n) is 9.25. The number of amidine groups is 1. The van der Waals surface area contributed by atoms with Crippen molar-refractivity contribution in [2.24, 2.45) is 20.8 Å². The molecule has 144 valence electrons. The summed E-state index contributed by atoms with van der Waals surface area (Å²) in [6.45, 7) is 2.31. The number of aliphatic imine (C=N–C) groups is 2. The van der Waals surface area contributed by atoms with Crippen molar-refractivity contribution in [3.05, 3.63) is 53.2 Å². The average Bonchev–Trinajstić information content (AvgIpc) is 3.26. The van der Waals surface area contributed by atoms with Gasteiger partial charge in [-0.1, -0.05) is 6.07 Å². The molecular weight excluding hydrogens is 358 g/mol. The van der Waals surface area contributed by atoms with E-state index in [1.54, 1.807) is 17.5 Å². The molecule has 9 nitrogen and oxygen atoms in total. The van der Waals surface area contributed by atoms with Crippen LogP contribution in [0.3, 0.4) is 0 Å². The molecule has 4 N–H and O–H groups in total. The minimum absolute atomic E-state index is 0.414. The third kappa shape index (κ3) is 2.62. The highest BCUT2D eigenvalue weighted by molar-refractivity contribution is 6.63. The van der Waals surface area contributed by atoms with Crippen molar-refractivity contribution in [3.8, 4) is 0 Å². The molecule has 28 heavy (non-hydrogen) atoms. The van der Waals surface area contributed by atoms with Gasteiger partial charge >= 0.3 is 0 Å². The van der Waals surface area contributed by atoms with Crippen LogP contribution in [0.15, 0.2) is 50.0 Å². The quantitative estimate of drug-likeness (QED) is 0.735. The van der Waals surface area contributed by atoms with E-state index in [2.05, 4.69) is 25.6 Å². The Kier molecular flexibility index (Phi) is 3.65. The fourth-order valence-electron chi connectivity index (χ4n) is 3.63. The zero-order chi connectivity index (χ0) is 19.4. The fourth-order valence-corrected chi connectivity index (χ4v) is 3.63. The number of aromatic nitrogens is 1. The minimum Gasteiger partial charge on any atom is -0.463 e. The molecule has 5 rings (SSSR count). The molecule has 0 amide bonds. The summed E-state index contributed by atoms with van der Waals surface area (Å²) in [7, 11) is 0. The maximum atomic E-state index is 10.6. The van der Waals surface area contributed by atoms with Crippen molar-refractivity contribution in [2.45, 2.75) is 44.1 Å². The van der Waals surface area contributed by atoms with E-state index in [-0.39, 0.29) is 0 Å². The Hall–Kier alpha value is -3.04. The lowest BCUT2D eigenvalue weighted by Gasteiger charge is -2.36. The van der Waals surface area contributed by atoms with Crippen LogP contribution in [0.1, 0.15) is 42.0 Å². The molecule has 0 radical (unpaired) electrons. The normalized spacial score (nSPS) is 24.9. The first kappa shape index (κ1) is 17.1. The Morgan fingerprint density at radius 3 is 2.89 bits per heavy atom. The lowest BCUT2D eigenvalue weighted by molar-refractivity contribution is -0.0428. The van der Waals surface area contributed by atoms with E-state index >= 15 is 0 Å². The van der Waals surface area contributed by atoms with Crippen molar-refractivity contribution >= 4 is 17.8 Å². The fraction of sp³-hybridized carbons (Fsp3) is 0.368. The van der Waals surface area contributed by atoms with E-state index in [0.717, 1.165) is 30.5 Å². The topological polar surface area (TPSA) is 125 Å². The van der Waals surface area contributed by atoms with E-state index < -0.39 is 11.4 Å². The number of furan rings is 1. The molecule has 0 aromatic carbocycles. The third-order valence-corrected chi connectivity index (χ3v) is 5.42. The molecule has 1 fully saturated rings. The molecule has 2 aromatic rings. The first-order chi connectivity index (χ1) is 13.5. The molecule has 1 aliphatic carbocycles. The molecule has 9 heteroatoms. The van der Waals surface area contributed by atoms with Gasteiger partial charge in [0.15, 0.2) is 11.6 Å². The minimum atomic E-state index is -1.33. The Bertz CT molecular complexity index is 1020. The molecule has 0 spiro atoms. The smallest absolute Gasteiger partial charge is 0.264 e. The van der Waals surface area contributed by atoms with Gasteiger partial charge in [-0.15, -0.1) is 0 Å². The van der Waals surface area contributed by atoms with E-state index in [1.165, 1.54) is 0 Å². The number of hydrogen-bond donors (Lipinski definition) is 3. The van der Waals surface area contributed by atoms with Crippen LogP contribution in [0.5, 0.6) is 0 Å². The number of fused-ring (bicyclic) bond motifs is 1. The van der Waals surface area contributed by atoms with Crippen LogP contribution in [0.4, 0.5) is 0 Å². The summed E-state index contributed by atoms with van der Waals surface area (Å²) >= 11 is 0. The summed E-state index contributed by atoms with van der Waals surface area (Å²) in [5.74, 6) is -0.264. The van der Waals surface area contributed by atoms with Crippen LogP contribution in [-0.4, -0.2) is 32.9 Å². The number of pyridine rings is 1. The molecule has 1 atom stereocenters. The Labute approximate surface area is 161 Å². The molecule has 1 saturated carbocycles. The second kappa shape index (κ2) is 5.98. The number of aliphatic hydroxyl groups is 1. The Morgan fingerprint density at radius 1 is 1.32 bits per heavy atom. The van der Waals surface area contributed by atoms with Crippen LogP contribution in [0.2, 0.25) is 0 Å². The maximum Gasteiger partial charge on any atom is 0.264 e. The third-order valence-electron chi connectivity index (χ3n) is 5.42. The van der Waals surface area contributed by atoms with Gasteiger partial charge in [0.25, 0.3) is 5.79 Å². The number of hydrazone groups is 1. The molecule has 0 saturated heterocycles. The van der Waals surface area contributed by atoms with Crippen molar-refractivity contribution in [1.29, 1.82) is 0 Å². The monoisotopic (exact) mass is 379 g/mol. The van der Waals surface area contributed by atoms with Gasteiger partial charge in [0.2, 0.25) is 0 Å². The highest BCUT2D eigenvalue weighted by atomic mass is 16.3. The number of hydrazine groups is 1. The lowest BCUT2D eigenvalue weighted by Crippen LogP contribution is -2.44. The highest BCUT2D eigenvalue weighted by Gasteiger charge is 2.39. The number of hydrogen-bond acceptors (Lipinski definition) is 9. The predicted octanol–water partition coefficient (Wildman–Crippen LogP) is 1.28. The molecule has 4 heterocycles. The largest absolute Gasteiger partial charge is 0.463 e. The second-order valence-electron chi connectivity index (χ2n) is 7.43. The summed E-state index contributed by atoms with van der Waals surface area (Å²) < 4.78 is 5.52. The van der Waals surface area contributed by atoms with Gasteiger partial charge < -0.3 is 9.52 Å². The molecular formula is C19H21N7O2. The number of nitrogens with zero attached hydrogens (tertiary/aromatic N) is 5. The summed E-state index contributed by atoms with van der Waals surface area (Å²) in [5.41, 5.74) is 11.5. The van der Waals surface area contributed by atoms with E-state index in [4.69, 9.17) is 10.2 Å². The Balaban J connectivity index is 1.42. The standard InChI is InChI=1S/C19H21N7O2/c1-12-6-9-28-16(12)19(20)21-10-14-17(23-19)26(25-24-14)11-13-4-2-5-15(22-13)18(27)7-3-8-18/h2,4-6,9-10,25,27H,3,7-8,11,20H2,1H3. The Morgan fingerprint density at radius 2 is 2.18 bits per heavy atom. The summed E-state index contributed by atoms with van der Waals surface area (Å²) in [5, 5.41) is 16.6. The number of rotatable bonds is 4. The average molecular weight is 379 g/mol. The number of nitrogens with two attached hydrogens (primary N) is 1. The molecule has 3 aliphatic rings. The van der Waals surface area contributed by atoms with Crippen LogP contribution < -0.4 is 11.3 Å². The highest BCUT2D eigenvalue weighted by Crippen LogP contribution is 2.40. The molecule has 0 bridgehead atoms. The molecule has 2 aliphatic heterocycles. The van der Waals surface area contributed by atoms with Crippen molar-refractivity contribution in [3.63, 3.8) is 0 Å². The first-order valence-corrected chi connectivity index (χ1v) is 9.25. The van der Waals surface area contributed by atoms with Crippen LogP contribution in [0.25, 0.3) is 0 Å². The van der Waals surface area contributed by atoms with Crippen LogP contribution >= 0.6 is 0 Å². The van der Waals surface area contributed by atoms with Crippen molar-refractivity contribution in [1.82, 2.24) is 15.5 Å². The van der Waals surface area contributed by atoms with Gasteiger partial charge in [-0.05, 0) is 49.9 Å². The second-order valence-corrected chi connectivity index (χ2v) is 7.43. The van der Waals surface area contributed by atoms with Gasteiger partial charge in [0.05, 0.1) is 30.4 Å². The molecule has 1 unspecified atom stereocenters. The van der Waals surface area contributed by atoms with Gasteiger partial charge in [-0.2, -0.15) is 5.10 Å². The number of nitrogens with one attached hydrogen (secondary N) is 1.